The highest BCUT2D eigenvalue weighted by atomic mass is 19.3. The lowest BCUT2D eigenvalue weighted by Crippen LogP contribution is -2.00. The van der Waals surface area contributed by atoms with E-state index in [0.29, 0.717) is 26.8 Å². The van der Waals surface area contributed by atoms with E-state index < -0.39 is 6.55 Å². The Labute approximate surface area is 79.1 Å². The number of alkyl halides is 2. The molecule has 0 spiro atoms. The minimum absolute atomic E-state index is 0.439. The van der Waals surface area contributed by atoms with Crippen LogP contribution in [0.1, 0.15) is 12.1 Å². The first-order chi connectivity index (χ1) is 6.59. The van der Waals surface area contributed by atoms with Crippen molar-refractivity contribution in [3.63, 3.8) is 0 Å². The van der Waals surface area contributed by atoms with E-state index in [0.717, 1.165) is 0 Å². The van der Waals surface area contributed by atoms with Crippen molar-refractivity contribution >= 4 is 16.6 Å². The molecule has 1 aromatic carbocycles. The van der Waals surface area contributed by atoms with Crippen LogP contribution in [0.5, 0.6) is 0 Å². The molecule has 0 aliphatic heterocycles. The lowest BCUT2D eigenvalue weighted by molar-refractivity contribution is 0.0614. The molecule has 74 valence electrons. The fourth-order valence-corrected chi connectivity index (χ4v) is 1.58. The molecule has 2 rings (SSSR count). The summed E-state index contributed by atoms with van der Waals surface area (Å²) in [5.41, 5.74) is 7.29. The molecule has 0 radical (unpaired) electrons. The number of hydrogen-bond donors (Lipinski definition) is 1. The highest BCUT2D eigenvalue weighted by molar-refractivity contribution is 5.85. The fourth-order valence-electron chi connectivity index (χ4n) is 1.58. The maximum Gasteiger partial charge on any atom is 0.333 e. The number of rotatable bonds is 1. The lowest BCUT2D eigenvalue weighted by atomic mass is 10.1. The molecule has 14 heavy (non-hydrogen) atoms. The Hall–Kier alpha value is -1.65. The van der Waals surface area contributed by atoms with Crippen LogP contribution in [0.4, 0.5) is 14.5 Å². The smallest absolute Gasteiger partial charge is 0.333 e. The van der Waals surface area contributed by atoms with Gasteiger partial charge in [-0.25, -0.2) is 4.68 Å². The molecule has 0 fully saturated rings. The minimum Gasteiger partial charge on any atom is -0.399 e. The Kier molecular flexibility index (Phi) is 1.87. The van der Waals surface area contributed by atoms with Gasteiger partial charge in [-0.2, -0.15) is 13.9 Å². The van der Waals surface area contributed by atoms with Crippen LogP contribution >= 0.6 is 0 Å². The maximum absolute atomic E-state index is 12.5. The van der Waals surface area contributed by atoms with E-state index in [1.165, 1.54) is 6.20 Å². The Balaban J connectivity index is 2.79. The molecule has 1 heterocycles. The van der Waals surface area contributed by atoms with Crippen LogP contribution in [0.15, 0.2) is 18.3 Å². The summed E-state index contributed by atoms with van der Waals surface area (Å²) in [7, 11) is 0. The van der Waals surface area contributed by atoms with Crippen molar-refractivity contribution in [3.05, 3.63) is 23.9 Å². The summed E-state index contributed by atoms with van der Waals surface area (Å²) in [6, 6.07) is 3.29. The Bertz CT molecular complexity index is 476. The topological polar surface area (TPSA) is 43.8 Å². The van der Waals surface area contributed by atoms with Gasteiger partial charge in [0.25, 0.3) is 0 Å². The van der Waals surface area contributed by atoms with Crippen LogP contribution in [0.2, 0.25) is 0 Å². The first-order valence-electron chi connectivity index (χ1n) is 4.11. The SMILES string of the molecule is Cc1cc(N)cc2cnn(C(F)F)c12. The molecule has 0 unspecified atom stereocenters. The second-order valence-corrected chi connectivity index (χ2v) is 3.14. The highest BCUT2D eigenvalue weighted by Crippen LogP contribution is 2.25. The summed E-state index contributed by atoms with van der Waals surface area (Å²) in [5, 5.41) is 4.25. The van der Waals surface area contributed by atoms with Crippen molar-refractivity contribution in [2.24, 2.45) is 0 Å². The fraction of sp³-hybridized carbons (Fsp3) is 0.222. The van der Waals surface area contributed by atoms with Crippen molar-refractivity contribution in [1.29, 1.82) is 0 Å². The van der Waals surface area contributed by atoms with E-state index in [9.17, 15) is 8.78 Å². The monoisotopic (exact) mass is 197 g/mol. The van der Waals surface area contributed by atoms with Gasteiger partial charge in [0.2, 0.25) is 0 Å². The molecule has 0 amide bonds. The van der Waals surface area contributed by atoms with Gasteiger partial charge in [0.15, 0.2) is 0 Å². The molecule has 0 aliphatic rings. The standard InChI is InChI=1S/C9H9F2N3/c1-5-2-7(12)3-6-4-13-14(8(5)6)9(10)11/h2-4,9H,12H2,1H3. The summed E-state index contributed by atoms with van der Waals surface area (Å²) in [4.78, 5) is 0. The van der Waals surface area contributed by atoms with Crippen molar-refractivity contribution in [2.45, 2.75) is 13.5 Å². The number of nitrogens with two attached hydrogens (primary N) is 1. The van der Waals surface area contributed by atoms with Gasteiger partial charge in [0, 0.05) is 11.1 Å². The van der Waals surface area contributed by atoms with E-state index in [-0.39, 0.29) is 0 Å². The lowest BCUT2D eigenvalue weighted by Gasteiger charge is -2.04. The zero-order chi connectivity index (χ0) is 10.3. The summed E-state index contributed by atoms with van der Waals surface area (Å²) >= 11 is 0. The van der Waals surface area contributed by atoms with E-state index in [1.54, 1.807) is 19.1 Å². The molecule has 2 N–H and O–H groups in total. The van der Waals surface area contributed by atoms with Crippen molar-refractivity contribution in [2.75, 3.05) is 5.73 Å². The number of benzene rings is 1. The number of hydrogen-bond acceptors (Lipinski definition) is 2. The quantitative estimate of drug-likeness (QED) is 0.713. The second kappa shape index (κ2) is 2.94. The van der Waals surface area contributed by atoms with E-state index in [1.807, 2.05) is 0 Å². The number of anilines is 1. The normalized spacial score (nSPS) is 11.4. The van der Waals surface area contributed by atoms with Crippen LogP contribution in [0.3, 0.4) is 0 Å². The van der Waals surface area contributed by atoms with Gasteiger partial charge in [-0.05, 0) is 24.6 Å². The van der Waals surface area contributed by atoms with Crippen LogP contribution in [0, 0.1) is 6.92 Å². The summed E-state index contributed by atoms with van der Waals surface area (Å²) in [6.45, 7) is -0.881. The summed E-state index contributed by atoms with van der Waals surface area (Å²) < 4.78 is 25.7. The van der Waals surface area contributed by atoms with E-state index in [4.69, 9.17) is 5.73 Å². The molecule has 2 aromatic rings. The largest absolute Gasteiger partial charge is 0.399 e. The first kappa shape index (κ1) is 8.93. The predicted molar refractivity (Wildman–Crippen MR) is 50.1 cm³/mol. The molecule has 0 saturated heterocycles. The third-order valence-corrected chi connectivity index (χ3v) is 2.09. The summed E-state index contributed by atoms with van der Waals surface area (Å²) in [5.74, 6) is 0. The Morgan fingerprint density at radius 3 is 2.79 bits per heavy atom. The average Bonchev–Trinajstić information content (AvgIpc) is 2.47. The third kappa shape index (κ3) is 1.21. The number of fused-ring (bicyclic) bond motifs is 1. The molecular weight excluding hydrogens is 188 g/mol. The zero-order valence-corrected chi connectivity index (χ0v) is 7.54. The molecule has 3 nitrogen and oxygen atoms in total. The number of nitrogen functional groups attached to an aromatic ring is 1. The average molecular weight is 197 g/mol. The zero-order valence-electron chi connectivity index (χ0n) is 7.54. The number of halogens is 2. The maximum atomic E-state index is 12.5. The van der Waals surface area contributed by atoms with Crippen LogP contribution in [-0.4, -0.2) is 9.78 Å². The number of nitrogens with zero attached hydrogens (tertiary/aromatic N) is 2. The molecule has 0 aliphatic carbocycles. The van der Waals surface area contributed by atoms with E-state index >= 15 is 0 Å². The minimum atomic E-state index is -2.62. The number of aromatic nitrogens is 2. The van der Waals surface area contributed by atoms with Gasteiger partial charge >= 0.3 is 6.55 Å². The van der Waals surface area contributed by atoms with Gasteiger partial charge in [-0.15, -0.1) is 0 Å². The number of aryl methyl sites for hydroxylation is 1. The van der Waals surface area contributed by atoms with E-state index in [2.05, 4.69) is 5.10 Å². The molecule has 0 bridgehead atoms. The van der Waals surface area contributed by atoms with Crippen LogP contribution < -0.4 is 5.73 Å². The summed E-state index contributed by atoms with van der Waals surface area (Å²) in [6.07, 6.45) is 1.39. The van der Waals surface area contributed by atoms with Crippen molar-refractivity contribution < 1.29 is 8.78 Å². The van der Waals surface area contributed by atoms with Gasteiger partial charge in [0.1, 0.15) is 0 Å². The molecule has 5 heteroatoms. The molecule has 1 aromatic heterocycles. The Morgan fingerprint density at radius 2 is 2.14 bits per heavy atom. The van der Waals surface area contributed by atoms with Gasteiger partial charge in [-0.3, -0.25) is 0 Å². The van der Waals surface area contributed by atoms with Gasteiger partial charge < -0.3 is 5.73 Å². The third-order valence-electron chi connectivity index (χ3n) is 2.09. The van der Waals surface area contributed by atoms with Gasteiger partial charge in [-0.1, -0.05) is 0 Å². The molecule has 0 saturated carbocycles. The second-order valence-electron chi connectivity index (χ2n) is 3.14. The molecule has 0 atom stereocenters. The molecular formula is C9H9F2N3. The van der Waals surface area contributed by atoms with Crippen molar-refractivity contribution in [1.82, 2.24) is 9.78 Å². The highest BCUT2D eigenvalue weighted by Gasteiger charge is 2.13. The predicted octanol–water partition coefficient (Wildman–Crippen LogP) is 2.32. The first-order valence-corrected chi connectivity index (χ1v) is 4.11. The van der Waals surface area contributed by atoms with Crippen LogP contribution in [-0.2, 0) is 0 Å². The Morgan fingerprint density at radius 1 is 1.43 bits per heavy atom. The van der Waals surface area contributed by atoms with Crippen molar-refractivity contribution in [3.8, 4) is 0 Å². The van der Waals surface area contributed by atoms with Gasteiger partial charge in [0.05, 0.1) is 11.7 Å². The van der Waals surface area contributed by atoms with Crippen LogP contribution in [0.25, 0.3) is 10.9 Å².